The second kappa shape index (κ2) is 8.06. The summed E-state index contributed by atoms with van der Waals surface area (Å²) in [5.74, 6) is -0.613. The molecule has 0 atom stereocenters. The van der Waals surface area contributed by atoms with Crippen molar-refractivity contribution < 1.29 is 18.7 Å². The Hall–Kier alpha value is -1.72. The van der Waals surface area contributed by atoms with Crippen molar-refractivity contribution in [3.8, 4) is 0 Å². The number of hydrogen-bond acceptors (Lipinski definition) is 4. The van der Waals surface area contributed by atoms with Crippen molar-refractivity contribution in [1.82, 2.24) is 4.90 Å². The number of carbonyl (C=O) groups is 1. The smallest absolute Gasteiger partial charge is 0.334 e. The van der Waals surface area contributed by atoms with E-state index in [4.69, 9.17) is 9.47 Å². The third-order valence-corrected chi connectivity index (χ3v) is 3.53. The molecule has 0 saturated carbocycles. The van der Waals surface area contributed by atoms with Gasteiger partial charge in [0.05, 0.1) is 6.61 Å². The van der Waals surface area contributed by atoms with E-state index < -0.39 is 0 Å². The Balaban J connectivity index is 1.75. The Labute approximate surface area is 130 Å². The monoisotopic (exact) mass is 307 g/mol. The summed E-state index contributed by atoms with van der Waals surface area (Å²) in [6, 6.07) is 6.00. The molecule has 0 bridgehead atoms. The highest BCUT2D eigenvalue weighted by Crippen LogP contribution is 2.15. The number of likely N-dealkylation sites (tertiary alicyclic amines) is 1. The van der Waals surface area contributed by atoms with E-state index in [2.05, 4.69) is 4.90 Å². The van der Waals surface area contributed by atoms with Crippen molar-refractivity contribution >= 4 is 12.0 Å². The average molecular weight is 307 g/mol. The molecule has 1 fully saturated rings. The van der Waals surface area contributed by atoms with Gasteiger partial charge >= 0.3 is 5.97 Å². The number of benzene rings is 1. The molecule has 1 heterocycles. The number of hydrogen-bond donors (Lipinski definition) is 0. The lowest BCUT2D eigenvalue weighted by Gasteiger charge is -2.38. The second-order valence-electron chi connectivity index (χ2n) is 5.36. The fraction of sp³-hybridized carbons (Fsp3) is 0.471. The normalized spacial score (nSPS) is 16.4. The largest absolute Gasteiger partial charge is 0.456 e. The molecule has 22 heavy (non-hydrogen) atoms. The summed E-state index contributed by atoms with van der Waals surface area (Å²) in [4.78, 5) is 14.2. The van der Waals surface area contributed by atoms with Crippen LogP contribution in [0.5, 0.6) is 0 Å². The predicted octanol–water partition coefficient (Wildman–Crippen LogP) is 2.49. The standard InChI is InChI=1S/C17H22FNO3/c1-3-21-9-8-19-11-16(12-19)22-17(20)13(2)10-14-4-6-15(18)7-5-14/h4-7,10,16H,3,8-9,11-12H2,1-2H3/b13-10+. The Kier molecular flexibility index (Phi) is 6.10. The molecule has 1 aromatic carbocycles. The van der Waals surface area contributed by atoms with E-state index in [1.807, 2.05) is 6.92 Å². The Morgan fingerprint density at radius 3 is 2.68 bits per heavy atom. The van der Waals surface area contributed by atoms with Crippen LogP contribution in [-0.2, 0) is 14.3 Å². The van der Waals surface area contributed by atoms with Gasteiger partial charge in [0, 0.05) is 31.8 Å². The van der Waals surface area contributed by atoms with Crippen LogP contribution in [0.15, 0.2) is 29.8 Å². The van der Waals surface area contributed by atoms with Crippen molar-refractivity contribution in [2.45, 2.75) is 20.0 Å². The van der Waals surface area contributed by atoms with Crippen LogP contribution in [0.4, 0.5) is 4.39 Å². The van der Waals surface area contributed by atoms with Gasteiger partial charge in [-0.3, -0.25) is 4.90 Å². The molecule has 0 radical (unpaired) electrons. The molecular weight excluding hydrogens is 285 g/mol. The van der Waals surface area contributed by atoms with E-state index in [1.54, 1.807) is 25.1 Å². The zero-order valence-electron chi connectivity index (χ0n) is 13.0. The molecule has 1 saturated heterocycles. The number of ether oxygens (including phenoxy) is 2. The SMILES string of the molecule is CCOCCN1CC(OC(=O)/C(C)=C/c2ccc(F)cc2)C1. The molecule has 0 spiro atoms. The van der Waals surface area contributed by atoms with Crippen molar-refractivity contribution in [3.05, 3.63) is 41.2 Å². The minimum absolute atomic E-state index is 0.0503. The van der Waals surface area contributed by atoms with Crippen LogP contribution in [0.2, 0.25) is 0 Å². The number of esters is 1. The molecule has 1 aliphatic heterocycles. The van der Waals surface area contributed by atoms with E-state index in [0.29, 0.717) is 12.2 Å². The molecule has 5 heteroatoms. The highest BCUT2D eigenvalue weighted by Gasteiger charge is 2.29. The molecule has 1 aliphatic rings. The highest BCUT2D eigenvalue weighted by atomic mass is 19.1. The molecule has 0 amide bonds. The lowest BCUT2D eigenvalue weighted by molar-refractivity contribution is -0.152. The van der Waals surface area contributed by atoms with Gasteiger partial charge in [0.25, 0.3) is 0 Å². The summed E-state index contributed by atoms with van der Waals surface area (Å²) in [6.45, 7) is 7.48. The molecule has 0 aliphatic carbocycles. The van der Waals surface area contributed by atoms with Crippen molar-refractivity contribution in [2.24, 2.45) is 0 Å². The van der Waals surface area contributed by atoms with Gasteiger partial charge in [-0.05, 0) is 37.6 Å². The van der Waals surface area contributed by atoms with Crippen LogP contribution in [0.25, 0.3) is 6.08 Å². The fourth-order valence-electron chi connectivity index (χ4n) is 2.23. The topological polar surface area (TPSA) is 38.8 Å². The van der Waals surface area contributed by atoms with Gasteiger partial charge in [-0.15, -0.1) is 0 Å². The Morgan fingerprint density at radius 1 is 1.36 bits per heavy atom. The van der Waals surface area contributed by atoms with Gasteiger partial charge in [0.15, 0.2) is 0 Å². The van der Waals surface area contributed by atoms with Crippen molar-refractivity contribution in [2.75, 3.05) is 32.8 Å². The summed E-state index contributed by atoms with van der Waals surface area (Å²) >= 11 is 0. The molecule has 4 nitrogen and oxygen atoms in total. The minimum atomic E-state index is -0.321. The van der Waals surface area contributed by atoms with Crippen LogP contribution < -0.4 is 0 Å². The summed E-state index contributed by atoms with van der Waals surface area (Å²) in [7, 11) is 0. The molecule has 2 rings (SSSR count). The first-order chi connectivity index (χ1) is 10.6. The summed E-state index contributed by atoms with van der Waals surface area (Å²) in [5, 5.41) is 0. The quantitative estimate of drug-likeness (QED) is 0.441. The Bertz CT molecular complexity index is 521. The second-order valence-corrected chi connectivity index (χ2v) is 5.36. The maximum Gasteiger partial charge on any atom is 0.334 e. The van der Waals surface area contributed by atoms with Gasteiger partial charge in [-0.2, -0.15) is 0 Å². The van der Waals surface area contributed by atoms with Crippen molar-refractivity contribution in [1.29, 1.82) is 0 Å². The van der Waals surface area contributed by atoms with E-state index in [0.717, 1.165) is 31.8 Å². The lowest BCUT2D eigenvalue weighted by Crippen LogP contribution is -2.53. The lowest BCUT2D eigenvalue weighted by atomic mass is 10.1. The van der Waals surface area contributed by atoms with Crippen LogP contribution in [0.3, 0.4) is 0 Å². The highest BCUT2D eigenvalue weighted by molar-refractivity contribution is 5.93. The number of rotatable bonds is 7. The maximum absolute atomic E-state index is 12.8. The molecule has 120 valence electrons. The van der Waals surface area contributed by atoms with Crippen LogP contribution >= 0.6 is 0 Å². The number of nitrogens with zero attached hydrogens (tertiary/aromatic N) is 1. The third-order valence-electron chi connectivity index (χ3n) is 3.53. The fourth-order valence-corrected chi connectivity index (χ4v) is 2.23. The van der Waals surface area contributed by atoms with E-state index in [9.17, 15) is 9.18 Å². The zero-order valence-corrected chi connectivity index (χ0v) is 13.0. The Morgan fingerprint density at radius 2 is 2.05 bits per heavy atom. The van der Waals surface area contributed by atoms with Crippen molar-refractivity contribution in [3.63, 3.8) is 0 Å². The molecule has 0 aromatic heterocycles. The van der Waals surface area contributed by atoms with Gasteiger partial charge in [0.2, 0.25) is 0 Å². The first-order valence-electron chi connectivity index (χ1n) is 7.53. The summed E-state index contributed by atoms with van der Waals surface area (Å²) < 4.78 is 23.5. The van der Waals surface area contributed by atoms with E-state index in [1.165, 1.54) is 12.1 Å². The van der Waals surface area contributed by atoms with Gasteiger partial charge < -0.3 is 9.47 Å². The summed E-state index contributed by atoms with van der Waals surface area (Å²) in [5.41, 5.74) is 1.29. The first-order valence-corrected chi connectivity index (χ1v) is 7.53. The minimum Gasteiger partial charge on any atom is -0.456 e. The number of carbonyl (C=O) groups excluding carboxylic acids is 1. The van der Waals surface area contributed by atoms with Crippen LogP contribution in [0, 0.1) is 5.82 Å². The zero-order chi connectivity index (χ0) is 15.9. The predicted molar refractivity (Wildman–Crippen MR) is 82.9 cm³/mol. The molecule has 0 unspecified atom stereocenters. The molecule has 1 aromatic rings. The van der Waals surface area contributed by atoms with E-state index >= 15 is 0 Å². The third kappa shape index (κ3) is 4.93. The van der Waals surface area contributed by atoms with Crippen LogP contribution in [0.1, 0.15) is 19.4 Å². The van der Waals surface area contributed by atoms with Gasteiger partial charge in [-0.1, -0.05) is 12.1 Å². The average Bonchev–Trinajstić information content (AvgIpc) is 2.46. The number of halogens is 1. The molecular formula is C17H22FNO3. The maximum atomic E-state index is 12.8. The first kappa shape index (κ1) is 16.6. The van der Waals surface area contributed by atoms with Crippen LogP contribution in [-0.4, -0.2) is 49.8 Å². The molecule has 0 N–H and O–H groups in total. The van der Waals surface area contributed by atoms with Gasteiger partial charge in [0.1, 0.15) is 11.9 Å². The summed E-state index contributed by atoms with van der Waals surface area (Å²) in [6.07, 6.45) is 1.65. The van der Waals surface area contributed by atoms with Gasteiger partial charge in [-0.25, -0.2) is 9.18 Å². The van der Waals surface area contributed by atoms with E-state index in [-0.39, 0.29) is 17.9 Å².